The van der Waals surface area contributed by atoms with Crippen molar-refractivity contribution in [2.24, 2.45) is 5.73 Å². The van der Waals surface area contributed by atoms with Gasteiger partial charge in [-0.2, -0.15) is 0 Å². The molecule has 0 aromatic heterocycles. The Morgan fingerprint density at radius 1 is 1.44 bits per heavy atom. The van der Waals surface area contributed by atoms with Gasteiger partial charge >= 0.3 is 0 Å². The standard InChI is InChI=1S/C7H16N2/c1-9(2)7(6-8)4-3-5-7/h3-6,8H2,1-2H3. The zero-order valence-electron chi connectivity index (χ0n) is 6.35. The van der Waals surface area contributed by atoms with Crippen molar-refractivity contribution in [3.8, 4) is 0 Å². The number of nitrogens with zero attached hydrogens (tertiary/aromatic N) is 1. The fourth-order valence-corrected chi connectivity index (χ4v) is 1.42. The van der Waals surface area contributed by atoms with Crippen LogP contribution < -0.4 is 5.73 Å². The highest BCUT2D eigenvalue weighted by Crippen LogP contribution is 2.34. The summed E-state index contributed by atoms with van der Waals surface area (Å²) in [6, 6.07) is 0. The lowest BCUT2D eigenvalue weighted by Gasteiger charge is -2.46. The molecule has 0 aliphatic heterocycles. The van der Waals surface area contributed by atoms with Gasteiger partial charge in [0.25, 0.3) is 0 Å². The van der Waals surface area contributed by atoms with E-state index in [4.69, 9.17) is 5.73 Å². The first-order valence-electron chi connectivity index (χ1n) is 3.59. The van der Waals surface area contributed by atoms with Gasteiger partial charge in [-0.25, -0.2) is 0 Å². The molecule has 0 spiro atoms. The first kappa shape index (κ1) is 7.03. The van der Waals surface area contributed by atoms with Gasteiger partial charge in [-0.15, -0.1) is 0 Å². The summed E-state index contributed by atoms with van der Waals surface area (Å²) in [5.41, 5.74) is 6.00. The van der Waals surface area contributed by atoms with E-state index in [0.717, 1.165) is 6.54 Å². The summed E-state index contributed by atoms with van der Waals surface area (Å²) < 4.78 is 0. The molecule has 0 radical (unpaired) electrons. The van der Waals surface area contributed by atoms with Gasteiger partial charge in [0.2, 0.25) is 0 Å². The SMILES string of the molecule is CN(C)C1(CN)CCC1. The van der Waals surface area contributed by atoms with E-state index >= 15 is 0 Å². The molecule has 9 heavy (non-hydrogen) atoms. The maximum Gasteiger partial charge on any atom is 0.0325 e. The van der Waals surface area contributed by atoms with Crippen LogP contribution in [0.2, 0.25) is 0 Å². The van der Waals surface area contributed by atoms with E-state index in [1.807, 2.05) is 0 Å². The Hall–Kier alpha value is -0.0800. The molecule has 54 valence electrons. The molecule has 1 fully saturated rings. The normalized spacial score (nSPS) is 24.0. The van der Waals surface area contributed by atoms with Crippen molar-refractivity contribution in [3.63, 3.8) is 0 Å². The van der Waals surface area contributed by atoms with Gasteiger partial charge in [0, 0.05) is 12.1 Å². The lowest BCUT2D eigenvalue weighted by atomic mass is 9.76. The number of rotatable bonds is 2. The molecule has 2 N–H and O–H groups in total. The van der Waals surface area contributed by atoms with E-state index < -0.39 is 0 Å². The van der Waals surface area contributed by atoms with Crippen LogP contribution >= 0.6 is 0 Å². The summed E-state index contributed by atoms with van der Waals surface area (Å²) in [5, 5.41) is 0. The second-order valence-corrected chi connectivity index (χ2v) is 3.18. The first-order valence-corrected chi connectivity index (χ1v) is 3.59. The Kier molecular flexibility index (Phi) is 1.78. The molecule has 1 saturated carbocycles. The zero-order chi connectivity index (χ0) is 6.91. The highest BCUT2D eigenvalue weighted by Gasteiger charge is 2.37. The van der Waals surface area contributed by atoms with Crippen LogP contribution in [0.1, 0.15) is 19.3 Å². The van der Waals surface area contributed by atoms with E-state index in [9.17, 15) is 0 Å². The zero-order valence-corrected chi connectivity index (χ0v) is 6.35. The van der Waals surface area contributed by atoms with Gasteiger partial charge < -0.3 is 10.6 Å². The second-order valence-electron chi connectivity index (χ2n) is 3.18. The third-order valence-electron chi connectivity index (χ3n) is 2.61. The number of nitrogens with two attached hydrogens (primary N) is 1. The molecule has 0 bridgehead atoms. The largest absolute Gasteiger partial charge is 0.329 e. The Bertz CT molecular complexity index is 89.6. The molecular weight excluding hydrogens is 112 g/mol. The number of hydrogen-bond donors (Lipinski definition) is 1. The van der Waals surface area contributed by atoms with E-state index in [2.05, 4.69) is 19.0 Å². The maximum absolute atomic E-state index is 5.63. The van der Waals surface area contributed by atoms with Gasteiger partial charge in [-0.05, 0) is 33.4 Å². The molecule has 0 heterocycles. The molecule has 0 unspecified atom stereocenters. The van der Waals surface area contributed by atoms with Gasteiger partial charge in [-0.3, -0.25) is 0 Å². The van der Waals surface area contributed by atoms with E-state index in [-0.39, 0.29) is 0 Å². The molecule has 1 aliphatic rings. The first-order chi connectivity index (χ1) is 4.21. The highest BCUT2D eigenvalue weighted by atomic mass is 15.2. The van der Waals surface area contributed by atoms with Crippen molar-refractivity contribution >= 4 is 0 Å². The van der Waals surface area contributed by atoms with Gasteiger partial charge in [0.15, 0.2) is 0 Å². The molecule has 1 rings (SSSR count). The molecule has 1 aliphatic carbocycles. The van der Waals surface area contributed by atoms with Crippen LogP contribution in [0.15, 0.2) is 0 Å². The van der Waals surface area contributed by atoms with Crippen molar-refractivity contribution in [2.75, 3.05) is 20.6 Å². The third-order valence-corrected chi connectivity index (χ3v) is 2.61. The Balaban J connectivity index is 2.46. The van der Waals surface area contributed by atoms with Crippen LogP contribution in [0.3, 0.4) is 0 Å². The summed E-state index contributed by atoms with van der Waals surface area (Å²) in [7, 11) is 4.23. The quantitative estimate of drug-likeness (QED) is 0.584. The topological polar surface area (TPSA) is 29.3 Å². The molecule has 2 nitrogen and oxygen atoms in total. The number of hydrogen-bond acceptors (Lipinski definition) is 2. The molecule has 0 aromatic rings. The molecular formula is C7H16N2. The number of likely N-dealkylation sites (N-methyl/N-ethyl adjacent to an activating group) is 1. The highest BCUT2D eigenvalue weighted by molar-refractivity contribution is 4.96. The van der Waals surface area contributed by atoms with Gasteiger partial charge in [0.05, 0.1) is 0 Å². The smallest absolute Gasteiger partial charge is 0.0325 e. The average molecular weight is 128 g/mol. The monoisotopic (exact) mass is 128 g/mol. The van der Waals surface area contributed by atoms with Crippen molar-refractivity contribution in [2.45, 2.75) is 24.8 Å². The predicted molar refractivity (Wildman–Crippen MR) is 39.3 cm³/mol. The molecule has 0 amide bonds. The predicted octanol–water partition coefficient (Wildman–Crippen LogP) is 0.429. The summed E-state index contributed by atoms with van der Waals surface area (Å²) in [6.45, 7) is 0.819. The fourth-order valence-electron chi connectivity index (χ4n) is 1.42. The maximum atomic E-state index is 5.63. The molecule has 2 heteroatoms. The van der Waals surface area contributed by atoms with Crippen LogP contribution in [-0.2, 0) is 0 Å². The van der Waals surface area contributed by atoms with Crippen LogP contribution in [0.4, 0.5) is 0 Å². The minimum atomic E-state index is 0.375. The Labute approximate surface area is 57.0 Å². The van der Waals surface area contributed by atoms with Crippen molar-refractivity contribution in [1.29, 1.82) is 0 Å². The Morgan fingerprint density at radius 2 is 2.00 bits per heavy atom. The average Bonchev–Trinajstić information content (AvgIpc) is 1.62. The summed E-state index contributed by atoms with van der Waals surface area (Å²) >= 11 is 0. The van der Waals surface area contributed by atoms with Crippen molar-refractivity contribution in [1.82, 2.24) is 4.90 Å². The molecule has 0 saturated heterocycles. The van der Waals surface area contributed by atoms with Crippen molar-refractivity contribution in [3.05, 3.63) is 0 Å². The summed E-state index contributed by atoms with van der Waals surface area (Å²) in [5.74, 6) is 0. The van der Waals surface area contributed by atoms with Crippen LogP contribution in [0.25, 0.3) is 0 Å². The van der Waals surface area contributed by atoms with Gasteiger partial charge in [0.1, 0.15) is 0 Å². The fraction of sp³-hybridized carbons (Fsp3) is 1.00. The van der Waals surface area contributed by atoms with Gasteiger partial charge in [-0.1, -0.05) is 0 Å². The minimum absolute atomic E-state index is 0.375. The Morgan fingerprint density at radius 3 is 2.00 bits per heavy atom. The summed E-state index contributed by atoms with van der Waals surface area (Å²) in [6.07, 6.45) is 3.93. The van der Waals surface area contributed by atoms with Crippen LogP contribution in [0, 0.1) is 0 Å². The lowest BCUT2D eigenvalue weighted by molar-refractivity contribution is 0.0695. The lowest BCUT2D eigenvalue weighted by Crippen LogP contribution is -2.55. The molecule has 0 aromatic carbocycles. The van der Waals surface area contributed by atoms with Crippen molar-refractivity contribution < 1.29 is 0 Å². The second kappa shape index (κ2) is 2.27. The summed E-state index contributed by atoms with van der Waals surface area (Å²) in [4.78, 5) is 2.26. The molecule has 0 atom stereocenters. The van der Waals surface area contributed by atoms with E-state index in [0.29, 0.717) is 5.54 Å². The third kappa shape index (κ3) is 0.970. The minimum Gasteiger partial charge on any atom is -0.329 e. The van der Waals surface area contributed by atoms with E-state index in [1.165, 1.54) is 19.3 Å². The van der Waals surface area contributed by atoms with Crippen LogP contribution in [0.5, 0.6) is 0 Å². The van der Waals surface area contributed by atoms with Crippen LogP contribution in [-0.4, -0.2) is 31.1 Å². The van der Waals surface area contributed by atoms with E-state index in [1.54, 1.807) is 0 Å².